The van der Waals surface area contributed by atoms with Crippen LogP contribution in [0.3, 0.4) is 0 Å². The third-order valence-electron chi connectivity index (χ3n) is 3.46. The summed E-state index contributed by atoms with van der Waals surface area (Å²) in [5.41, 5.74) is 1.27. The summed E-state index contributed by atoms with van der Waals surface area (Å²) in [7, 11) is 4.22. The van der Waals surface area contributed by atoms with Gasteiger partial charge in [-0.25, -0.2) is 9.59 Å². The van der Waals surface area contributed by atoms with E-state index in [1.807, 2.05) is 0 Å². The van der Waals surface area contributed by atoms with E-state index in [9.17, 15) is 9.59 Å². The molecule has 2 N–H and O–H groups in total. The number of esters is 1. The van der Waals surface area contributed by atoms with Crippen molar-refractivity contribution >= 4 is 23.6 Å². The van der Waals surface area contributed by atoms with E-state index in [-0.39, 0.29) is 5.57 Å². The summed E-state index contributed by atoms with van der Waals surface area (Å²) in [6, 6.07) is 2.12. The maximum Gasteiger partial charge on any atom is 0.337 e. The second kappa shape index (κ2) is 6.78. The highest BCUT2D eigenvalue weighted by Gasteiger charge is 2.32. The second-order valence-corrected chi connectivity index (χ2v) is 5.21. The van der Waals surface area contributed by atoms with Crippen LogP contribution in [-0.4, -0.2) is 33.3 Å². The van der Waals surface area contributed by atoms with Gasteiger partial charge in [-0.1, -0.05) is 11.6 Å². The molecule has 8 heteroatoms. The van der Waals surface area contributed by atoms with Crippen LogP contribution in [0.4, 0.5) is 4.79 Å². The molecule has 0 aromatic heterocycles. The molecule has 0 aliphatic carbocycles. The first-order valence-corrected chi connectivity index (χ1v) is 7.08. The molecule has 1 aromatic rings. The summed E-state index contributed by atoms with van der Waals surface area (Å²) in [6.45, 7) is 1.63. The Labute approximate surface area is 138 Å². The minimum Gasteiger partial charge on any atom is -0.493 e. The molecule has 0 unspecified atom stereocenters. The average molecular weight is 341 g/mol. The first-order valence-electron chi connectivity index (χ1n) is 6.71. The van der Waals surface area contributed by atoms with Crippen LogP contribution >= 0.6 is 11.6 Å². The zero-order chi connectivity index (χ0) is 17.1. The fraction of sp³-hybridized carbons (Fsp3) is 0.333. The van der Waals surface area contributed by atoms with Crippen molar-refractivity contribution in [2.75, 3.05) is 21.3 Å². The highest BCUT2D eigenvalue weighted by molar-refractivity contribution is 6.32. The Hall–Kier alpha value is -2.41. The van der Waals surface area contributed by atoms with E-state index in [0.717, 1.165) is 0 Å². The number of benzene rings is 1. The van der Waals surface area contributed by atoms with Crippen LogP contribution in [0, 0.1) is 0 Å². The van der Waals surface area contributed by atoms with E-state index in [2.05, 4.69) is 10.6 Å². The van der Waals surface area contributed by atoms with E-state index in [0.29, 0.717) is 27.8 Å². The number of allylic oxidation sites excluding steroid dienone is 1. The predicted octanol–water partition coefficient (Wildman–Crippen LogP) is 2.16. The molecule has 0 bridgehead atoms. The SMILES string of the molecule is COC(=O)C1=C(C)NC(=O)N[C@H]1c1cc(Cl)c(OC)c(OC)c1. The van der Waals surface area contributed by atoms with E-state index < -0.39 is 18.0 Å². The quantitative estimate of drug-likeness (QED) is 0.820. The summed E-state index contributed by atoms with van der Waals surface area (Å²) in [5.74, 6) is 0.217. The lowest BCUT2D eigenvalue weighted by Crippen LogP contribution is -2.45. The molecule has 0 radical (unpaired) electrons. The standard InChI is InChI=1S/C15H17ClN2O5/c1-7-11(14(19)23-4)12(18-15(20)17-7)8-5-9(16)13(22-3)10(6-8)21-2/h5-6,12H,1-4H3,(H2,17,18,20)/t12-/m0/s1. The Balaban J connectivity index is 2.58. The fourth-order valence-electron chi connectivity index (χ4n) is 2.43. The Bertz CT molecular complexity index is 687. The van der Waals surface area contributed by atoms with Crippen molar-refractivity contribution in [3.63, 3.8) is 0 Å². The lowest BCUT2D eigenvalue weighted by atomic mass is 9.95. The van der Waals surface area contributed by atoms with Crippen molar-refractivity contribution in [1.29, 1.82) is 0 Å². The summed E-state index contributed by atoms with van der Waals surface area (Å²) < 4.78 is 15.2. The van der Waals surface area contributed by atoms with Gasteiger partial charge in [-0.15, -0.1) is 0 Å². The maximum atomic E-state index is 12.1. The summed E-state index contributed by atoms with van der Waals surface area (Å²) >= 11 is 6.20. The van der Waals surface area contributed by atoms with Gasteiger partial charge in [-0.2, -0.15) is 0 Å². The summed E-state index contributed by atoms with van der Waals surface area (Å²) in [5, 5.41) is 5.53. The van der Waals surface area contributed by atoms with Crippen molar-refractivity contribution in [2.24, 2.45) is 0 Å². The molecule has 1 aliphatic heterocycles. The van der Waals surface area contributed by atoms with Gasteiger partial charge in [0.25, 0.3) is 0 Å². The molecule has 2 rings (SSSR count). The van der Waals surface area contributed by atoms with Crippen molar-refractivity contribution in [1.82, 2.24) is 10.6 Å². The van der Waals surface area contributed by atoms with Crippen LogP contribution in [0.25, 0.3) is 0 Å². The summed E-state index contributed by atoms with van der Waals surface area (Å²) in [6.07, 6.45) is 0. The minimum atomic E-state index is -0.714. The van der Waals surface area contributed by atoms with E-state index in [1.165, 1.54) is 21.3 Å². The van der Waals surface area contributed by atoms with Gasteiger partial charge >= 0.3 is 12.0 Å². The van der Waals surface area contributed by atoms with Crippen molar-refractivity contribution in [3.8, 4) is 11.5 Å². The lowest BCUT2D eigenvalue weighted by Gasteiger charge is -2.28. The van der Waals surface area contributed by atoms with Crippen LogP contribution in [-0.2, 0) is 9.53 Å². The minimum absolute atomic E-state index is 0.287. The highest BCUT2D eigenvalue weighted by Crippen LogP contribution is 2.39. The van der Waals surface area contributed by atoms with Crippen molar-refractivity contribution in [3.05, 3.63) is 34.0 Å². The lowest BCUT2D eigenvalue weighted by molar-refractivity contribution is -0.136. The topological polar surface area (TPSA) is 85.9 Å². The normalized spacial score (nSPS) is 17.3. The number of halogens is 1. The first kappa shape index (κ1) is 17.0. The number of amides is 2. The van der Waals surface area contributed by atoms with Gasteiger partial charge in [0.1, 0.15) is 0 Å². The molecule has 0 saturated carbocycles. The molecule has 7 nitrogen and oxygen atoms in total. The number of ether oxygens (including phenoxy) is 3. The molecule has 1 aromatic carbocycles. The monoisotopic (exact) mass is 340 g/mol. The number of rotatable bonds is 4. The third kappa shape index (κ3) is 3.19. The molecule has 0 saturated heterocycles. The zero-order valence-corrected chi connectivity index (χ0v) is 13.9. The Morgan fingerprint density at radius 3 is 2.48 bits per heavy atom. The average Bonchev–Trinajstić information content (AvgIpc) is 2.52. The van der Waals surface area contributed by atoms with Gasteiger partial charge in [-0.3, -0.25) is 0 Å². The van der Waals surface area contributed by atoms with Crippen LogP contribution < -0.4 is 20.1 Å². The molecule has 23 heavy (non-hydrogen) atoms. The Morgan fingerprint density at radius 1 is 1.22 bits per heavy atom. The highest BCUT2D eigenvalue weighted by atomic mass is 35.5. The van der Waals surface area contributed by atoms with Gasteiger partial charge in [0.2, 0.25) is 0 Å². The molecule has 124 valence electrons. The Morgan fingerprint density at radius 2 is 1.91 bits per heavy atom. The number of urea groups is 1. The number of nitrogens with one attached hydrogen (secondary N) is 2. The number of hydrogen-bond donors (Lipinski definition) is 2. The number of methoxy groups -OCH3 is 3. The van der Waals surface area contributed by atoms with Crippen LogP contribution in [0.5, 0.6) is 11.5 Å². The molecule has 1 atom stereocenters. The Kier molecular flexibility index (Phi) is 5.00. The van der Waals surface area contributed by atoms with Gasteiger partial charge in [0, 0.05) is 5.70 Å². The van der Waals surface area contributed by atoms with Gasteiger partial charge in [0.05, 0.1) is 38.0 Å². The summed E-state index contributed by atoms with van der Waals surface area (Å²) in [4.78, 5) is 23.8. The van der Waals surface area contributed by atoms with Crippen LogP contribution in [0.15, 0.2) is 23.4 Å². The van der Waals surface area contributed by atoms with Crippen molar-refractivity contribution in [2.45, 2.75) is 13.0 Å². The molecule has 1 aliphatic rings. The van der Waals surface area contributed by atoms with Gasteiger partial charge in [0.15, 0.2) is 11.5 Å². The van der Waals surface area contributed by atoms with E-state index in [4.69, 9.17) is 25.8 Å². The fourth-order valence-corrected chi connectivity index (χ4v) is 2.73. The number of carbonyl (C=O) groups is 2. The van der Waals surface area contributed by atoms with E-state index in [1.54, 1.807) is 19.1 Å². The molecule has 0 spiro atoms. The smallest absolute Gasteiger partial charge is 0.337 e. The van der Waals surface area contributed by atoms with Crippen LogP contribution in [0.1, 0.15) is 18.5 Å². The maximum absolute atomic E-state index is 12.1. The second-order valence-electron chi connectivity index (χ2n) is 4.80. The van der Waals surface area contributed by atoms with E-state index >= 15 is 0 Å². The third-order valence-corrected chi connectivity index (χ3v) is 3.74. The number of hydrogen-bond acceptors (Lipinski definition) is 5. The van der Waals surface area contributed by atoms with Crippen molar-refractivity contribution < 1.29 is 23.8 Å². The van der Waals surface area contributed by atoms with Gasteiger partial charge < -0.3 is 24.8 Å². The van der Waals surface area contributed by atoms with Crippen LogP contribution in [0.2, 0.25) is 5.02 Å². The van der Waals surface area contributed by atoms with Gasteiger partial charge in [-0.05, 0) is 24.6 Å². The number of carbonyl (C=O) groups excluding carboxylic acids is 2. The largest absolute Gasteiger partial charge is 0.493 e. The molecule has 0 fully saturated rings. The predicted molar refractivity (Wildman–Crippen MR) is 83.7 cm³/mol. The zero-order valence-electron chi connectivity index (χ0n) is 13.2. The molecule has 1 heterocycles. The molecule has 2 amide bonds. The molecular weight excluding hydrogens is 324 g/mol. The molecular formula is C15H17ClN2O5. The first-order chi connectivity index (χ1) is 10.9.